The van der Waals surface area contributed by atoms with Crippen molar-refractivity contribution in [1.82, 2.24) is 19.6 Å². The summed E-state index contributed by atoms with van der Waals surface area (Å²) in [7, 11) is 0. The molecule has 2 aromatic heterocycles. The fraction of sp³-hybridized carbons (Fsp3) is 0.0455. The summed E-state index contributed by atoms with van der Waals surface area (Å²) in [6.07, 6.45) is 1.68. The summed E-state index contributed by atoms with van der Waals surface area (Å²) in [4.78, 5) is 9.01. The van der Waals surface area contributed by atoms with E-state index in [1.54, 1.807) is 10.8 Å². The molecule has 2 heterocycles. The second-order valence-corrected chi connectivity index (χ2v) is 6.24. The number of nitrogens with zero attached hydrogens (tertiary/aromatic N) is 4. The lowest BCUT2D eigenvalue weighted by Crippen LogP contribution is -1.98. The van der Waals surface area contributed by atoms with Crippen molar-refractivity contribution < 1.29 is 4.74 Å². The van der Waals surface area contributed by atoms with Gasteiger partial charge in [-0.15, -0.1) is 5.10 Å². The predicted octanol–water partition coefficient (Wildman–Crippen LogP) is 4.52. The zero-order chi connectivity index (χ0) is 18.1. The lowest BCUT2D eigenvalue weighted by molar-refractivity contribution is 0.296. The summed E-state index contributed by atoms with van der Waals surface area (Å²) in [5.74, 6) is 1.41. The number of hydrogen-bond donors (Lipinski definition) is 0. The third kappa shape index (κ3) is 3.00. The third-order valence-electron chi connectivity index (χ3n) is 4.46. The minimum Gasteiger partial charge on any atom is -0.486 e. The molecule has 0 atom stereocenters. The van der Waals surface area contributed by atoms with Crippen molar-refractivity contribution in [2.45, 2.75) is 6.61 Å². The molecule has 0 fully saturated rings. The minimum atomic E-state index is 0.306. The first-order chi connectivity index (χ1) is 13.4. The fourth-order valence-electron chi connectivity index (χ4n) is 3.11. The minimum absolute atomic E-state index is 0.306. The van der Waals surface area contributed by atoms with Gasteiger partial charge in [0.15, 0.2) is 11.5 Å². The molecule has 0 spiro atoms. The van der Waals surface area contributed by atoms with Gasteiger partial charge in [-0.25, -0.2) is 14.5 Å². The molecule has 5 aromatic rings. The second-order valence-electron chi connectivity index (χ2n) is 6.24. The molecule has 0 aliphatic heterocycles. The average Bonchev–Trinajstić information content (AvgIpc) is 3.17. The molecule has 3 aromatic carbocycles. The van der Waals surface area contributed by atoms with Crippen LogP contribution in [0, 0.1) is 0 Å². The summed E-state index contributed by atoms with van der Waals surface area (Å²) < 4.78 is 7.56. The van der Waals surface area contributed by atoms with E-state index in [-0.39, 0.29) is 0 Å². The number of ether oxygens (including phenoxy) is 1. The van der Waals surface area contributed by atoms with Gasteiger partial charge in [0.2, 0.25) is 0 Å². The van der Waals surface area contributed by atoms with Crippen molar-refractivity contribution in [3.05, 3.63) is 91.0 Å². The Labute approximate surface area is 155 Å². The van der Waals surface area contributed by atoms with E-state index >= 15 is 0 Å². The molecular formula is C22H16N4O. The van der Waals surface area contributed by atoms with Crippen LogP contribution in [-0.4, -0.2) is 19.6 Å². The van der Waals surface area contributed by atoms with Gasteiger partial charge >= 0.3 is 0 Å². The van der Waals surface area contributed by atoms with Crippen molar-refractivity contribution in [3.8, 4) is 16.9 Å². The predicted molar refractivity (Wildman–Crippen MR) is 104 cm³/mol. The molecule has 0 unspecified atom stereocenters. The van der Waals surface area contributed by atoms with E-state index in [4.69, 9.17) is 4.74 Å². The molecule has 0 aliphatic rings. The first kappa shape index (κ1) is 15.5. The van der Waals surface area contributed by atoms with E-state index < -0.39 is 0 Å². The summed E-state index contributed by atoms with van der Waals surface area (Å²) >= 11 is 0. The third-order valence-corrected chi connectivity index (χ3v) is 4.46. The maximum Gasteiger partial charge on any atom is 0.189 e. The average molecular weight is 352 g/mol. The van der Waals surface area contributed by atoms with Gasteiger partial charge in [-0.05, 0) is 35.4 Å². The lowest BCUT2D eigenvalue weighted by atomic mass is 10.1. The molecule has 0 saturated carbocycles. The highest BCUT2D eigenvalue weighted by molar-refractivity contribution is 5.90. The molecule has 130 valence electrons. The first-order valence-corrected chi connectivity index (χ1v) is 8.74. The van der Waals surface area contributed by atoms with Crippen molar-refractivity contribution in [1.29, 1.82) is 0 Å². The van der Waals surface area contributed by atoms with Crippen LogP contribution >= 0.6 is 0 Å². The van der Waals surface area contributed by atoms with Gasteiger partial charge in [0.05, 0.1) is 5.52 Å². The highest BCUT2D eigenvalue weighted by atomic mass is 16.5. The Morgan fingerprint density at radius 2 is 1.52 bits per heavy atom. The largest absolute Gasteiger partial charge is 0.486 e. The zero-order valence-corrected chi connectivity index (χ0v) is 14.5. The molecule has 0 N–H and O–H groups in total. The molecule has 5 nitrogen and oxygen atoms in total. The summed E-state index contributed by atoms with van der Waals surface area (Å²) in [6, 6.07) is 26.2. The standard InChI is InChI=1S/C22H16N4O/c1-2-6-16(7-3-1)17-10-12-18(13-11-17)27-14-21-24-22-19-8-4-5-9-20(19)23-15-26(22)25-21/h1-13,15H,14H2. The maximum atomic E-state index is 5.87. The summed E-state index contributed by atoms with van der Waals surface area (Å²) in [6.45, 7) is 0.306. The first-order valence-electron chi connectivity index (χ1n) is 8.74. The molecule has 5 heteroatoms. The smallest absolute Gasteiger partial charge is 0.189 e. The number of fused-ring (bicyclic) bond motifs is 3. The Hall–Kier alpha value is -3.73. The van der Waals surface area contributed by atoms with Crippen molar-refractivity contribution >= 4 is 16.6 Å². The van der Waals surface area contributed by atoms with Crippen LogP contribution < -0.4 is 4.74 Å². The molecule has 0 amide bonds. The number of aromatic nitrogens is 4. The second kappa shape index (κ2) is 6.53. The summed E-state index contributed by atoms with van der Waals surface area (Å²) in [5, 5.41) is 5.44. The van der Waals surface area contributed by atoms with Crippen LogP contribution in [-0.2, 0) is 6.61 Å². The van der Waals surface area contributed by atoms with Gasteiger partial charge in [0.1, 0.15) is 18.7 Å². The van der Waals surface area contributed by atoms with Crippen LogP contribution in [0.4, 0.5) is 0 Å². The van der Waals surface area contributed by atoms with Crippen molar-refractivity contribution in [2.24, 2.45) is 0 Å². The Morgan fingerprint density at radius 3 is 2.37 bits per heavy atom. The van der Waals surface area contributed by atoms with Gasteiger partial charge in [-0.2, -0.15) is 0 Å². The van der Waals surface area contributed by atoms with Gasteiger partial charge in [-0.3, -0.25) is 0 Å². The van der Waals surface area contributed by atoms with E-state index in [9.17, 15) is 0 Å². The fourth-order valence-corrected chi connectivity index (χ4v) is 3.11. The highest BCUT2D eigenvalue weighted by Gasteiger charge is 2.08. The van der Waals surface area contributed by atoms with E-state index in [1.165, 1.54) is 5.56 Å². The lowest BCUT2D eigenvalue weighted by Gasteiger charge is -2.05. The number of hydrogen-bond acceptors (Lipinski definition) is 4. The molecule has 0 radical (unpaired) electrons. The van der Waals surface area contributed by atoms with Crippen molar-refractivity contribution in [3.63, 3.8) is 0 Å². The van der Waals surface area contributed by atoms with Crippen LogP contribution in [0.15, 0.2) is 85.2 Å². The van der Waals surface area contributed by atoms with Crippen LogP contribution in [0.25, 0.3) is 27.7 Å². The molecule has 0 saturated heterocycles. The van der Waals surface area contributed by atoms with Gasteiger partial charge in [-0.1, -0.05) is 54.6 Å². The van der Waals surface area contributed by atoms with E-state index in [1.807, 2.05) is 54.6 Å². The van der Waals surface area contributed by atoms with Gasteiger partial charge in [0.25, 0.3) is 0 Å². The molecule has 0 aliphatic carbocycles. The Bertz CT molecular complexity index is 1210. The monoisotopic (exact) mass is 352 g/mol. The Balaban J connectivity index is 1.36. The quantitative estimate of drug-likeness (QED) is 0.477. The van der Waals surface area contributed by atoms with Crippen molar-refractivity contribution in [2.75, 3.05) is 0 Å². The Morgan fingerprint density at radius 1 is 0.778 bits per heavy atom. The van der Waals surface area contributed by atoms with Crippen LogP contribution in [0.1, 0.15) is 5.82 Å². The van der Waals surface area contributed by atoms with Crippen LogP contribution in [0.3, 0.4) is 0 Å². The molecular weight excluding hydrogens is 336 g/mol. The topological polar surface area (TPSA) is 52.3 Å². The normalized spacial score (nSPS) is 11.1. The maximum absolute atomic E-state index is 5.87. The summed E-state index contributed by atoms with van der Waals surface area (Å²) in [5.41, 5.74) is 4.04. The SMILES string of the molecule is c1ccc(-c2ccc(OCc3nc4c5ccccc5ncn4n3)cc2)cc1. The molecule has 27 heavy (non-hydrogen) atoms. The number of para-hydroxylation sites is 1. The molecule has 0 bridgehead atoms. The van der Waals surface area contributed by atoms with E-state index in [0.717, 1.165) is 27.9 Å². The van der Waals surface area contributed by atoms with Gasteiger partial charge < -0.3 is 4.74 Å². The van der Waals surface area contributed by atoms with Crippen LogP contribution in [0.5, 0.6) is 5.75 Å². The molecule has 5 rings (SSSR count). The van der Waals surface area contributed by atoms with Gasteiger partial charge in [0, 0.05) is 5.39 Å². The number of rotatable bonds is 4. The Kier molecular flexibility index (Phi) is 3.76. The highest BCUT2D eigenvalue weighted by Crippen LogP contribution is 2.22. The van der Waals surface area contributed by atoms with E-state index in [2.05, 4.69) is 39.3 Å². The number of benzene rings is 3. The van der Waals surface area contributed by atoms with E-state index in [0.29, 0.717) is 12.4 Å². The zero-order valence-electron chi connectivity index (χ0n) is 14.5. The van der Waals surface area contributed by atoms with Crippen LogP contribution in [0.2, 0.25) is 0 Å².